The second-order valence-corrected chi connectivity index (χ2v) is 6.62. The van der Waals surface area contributed by atoms with Crippen molar-refractivity contribution < 1.29 is 4.79 Å². The molecule has 1 unspecified atom stereocenters. The van der Waals surface area contributed by atoms with Crippen LogP contribution in [0.4, 0.5) is 10.5 Å². The highest BCUT2D eigenvalue weighted by Gasteiger charge is 2.26. The van der Waals surface area contributed by atoms with Gasteiger partial charge in [-0.25, -0.2) is 4.79 Å². The second kappa shape index (κ2) is 8.00. The Kier molecular flexibility index (Phi) is 5.53. The van der Waals surface area contributed by atoms with Gasteiger partial charge in [-0.3, -0.25) is 0 Å². The average Bonchev–Trinajstić information content (AvgIpc) is 3.08. The van der Waals surface area contributed by atoms with Gasteiger partial charge in [-0.05, 0) is 31.4 Å². The SMILES string of the molecule is CC1CN(C)c2ccccc2CN1C(=O)NCCCCn1cnnc1. The number of likely N-dealkylation sites (N-methyl/N-ethyl adjacent to an activating group) is 1. The molecule has 1 aromatic carbocycles. The molecular weight excluding hydrogens is 316 g/mol. The quantitative estimate of drug-likeness (QED) is 0.845. The van der Waals surface area contributed by atoms with E-state index in [1.165, 1.54) is 11.3 Å². The standard InChI is InChI=1S/C18H26N6O/c1-15-11-22(2)17-8-4-3-7-16(17)12-24(15)18(25)19-9-5-6-10-23-13-20-21-14-23/h3-4,7-8,13-15H,5-6,9-12H2,1-2H3,(H,19,25). The maximum absolute atomic E-state index is 12.6. The maximum Gasteiger partial charge on any atom is 0.318 e. The van der Waals surface area contributed by atoms with E-state index in [9.17, 15) is 4.79 Å². The summed E-state index contributed by atoms with van der Waals surface area (Å²) in [6.45, 7) is 5.14. The van der Waals surface area contributed by atoms with E-state index in [2.05, 4.69) is 46.5 Å². The normalized spacial score (nSPS) is 17.1. The molecule has 0 radical (unpaired) electrons. The number of aromatic nitrogens is 3. The minimum atomic E-state index is 0.0156. The number of rotatable bonds is 5. The Morgan fingerprint density at radius 1 is 1.24 bits per heavy atom. The van der Waals surface area contributed by atoms with Crippen molar-refractivity contribution in [1.29, 1.82) is 0 Å². The van der Waals surface area contributed by atoms with Crippen molar-refractivity contribution in [3.8, 4) is 0 Å². The third-order valence-electron chi connectivity index (χ3n) is 4.66. The van der Waals surface area contributed by atoms with E-state index >= 15 is 0 Å². The molecule has 7 heteroatoms. The van der Waals surface area contributed by atoms with Gasteiger partial charge in [0, 0.05) is 45.0 Å². The number of hydrogen-bond donors (Lipinski definition) is 1. The Bertz CT molecular complexity index is 687. The van der Waals surface area contributed by atoms with Crippen LogP contribution in [0.25, 0.3) is 0 Å². The molecule has 1 aliphatic heterocycles. The number of nitrogens with zero attached hydrogens (tertiary/aromatic N) is 5. The summed E-state index contributed by atoms with van der Waals surface area (Å²) in [7, 11) is 2.09. The molecule has 0 saturated heterocycles. The molecule has 1 atom stereocenters. The van der Waals surface area contributed by atoms with Gasteiger partial charge in [0.05, 0.1) is 0 Å². The summed E-state index contributed by atoms with van der Waals surface area (Å²) in [6.07, 6.45) is 5.35. The molecule has 0 bridgehead atoms. The Morgan fingerprint density at radius 3 is 2.80 bits per heavy atom. The zero-order valence-electron chi connectivity index (χ0n) is 14.9. The monoisotopic (exact) mass is 342 g/mol. The Balaban J connectivity index is 1.51. The summed E-state index contributed by atoms with van der Waals surface area (Å²) >= 11 is 0. The molecule has 0 aliphatic carbocycles. The van der Waals surface area contributed by atoms with Crippen LogP contribution >= 0.6 is 0 Å². The topological polar surface area (TPSA) is 66.3 Å². The number of aryl methyl sites for hydroxylation is 1. The van der Waals surface area contributed by atoms with Crippen molar-refractivity contribution in [2.75, 3.05) is 25.0 Å². The minimum absolute atomic E-state index is 0.0156. The van der Waals surface area contributed by atoms with E-state index in [1.54, 1.807) is 12.7 Å². The highest BCUT2D eigenvalue weighted by molar-refractivity contribution is 5.75. The van der Waals surface area contributed by atoms with Crippen molar-refractivity contribution in [3.05, 3.63) is 42.5 Å². The van der Waals surface area contributed by atoms with E-state index in [0.717, 1.165) is 25.9 Å². The van der Waals surface area contributed by atoms with Gasteiger partial charge in [-0.2, -0.15) is 0 Å². The van der Waals surface area contributed by atoms with Gasteiger partial charge in [0.25, 0.3) is 0 Å². The van der Waals surface area contributed by atoms with Gasteiger partial charge in [-0.15, -0.1) is 10.2 Å². The first kappa shape index (κ1) is 17.3. The first-order valence-corrected chi connectivity index (χ1v) is 8.81. The number of benzene rings is 1. The molecule has 1 N–H and O–H groups in total. The fourth-order valence-corrected chi connectivity index (χ4v) is 3.28. The zero-order valence-corrected chi connectivity index (χ0v) is 14.9. The predicted molar refractivity (Wildman–Crippen MR) is 97.4 cm³/mol. The molecular formula is C18H26N6O. The summed E-state index contributed by atoms with van der Waals surface area (Å²) < 4.78 is 1.95. The van der Waals surface area contributed by atoms with Crippen LogP contribution in [-0.2, 0) is 13.1 Å². The zero-order chi connectivity index (χ0) is 17.6. The number of para-hydroxylation sites is 1. The predicted octanol–water partition coefficient (Wildman–Crippen LogP) is 2.11. The van der Waals surface area contributed by atoms with Crippen LogP contribution in [0, 0.1) is 0 Å². The number of amides is 2. The molecule has 1 aromatic heterocycles. The lowest BCUT2D eigenvalue weighted by Crippen LogP contribution is -2.47. The number of carbonyl (C=O) groups is 1. The molecule has 134 valence electrons. The minimum Gasteiger partial charge on any atom is -0.372 e. The van der Waals surface area contributed by atoms with Crippen molar-refractivity contribution in [1.82, 2.24) is 25.0 Å². The van der Waals surface area contributed by atoms with Crippen molar-refractivity contribution >= 4 is 11.7 Å². The molecule has 0 spiro atoms. The summed E-state index contributed by atoms with van der Waals surface area (Å²) in [5.74, 6) is 0. The van der Waals surface area contributed by atoms with Crippen LogP contribution in [0.15, 0.2) is 36.9 Å². The number of fused-ring (bicyclic) bond motifs is 1. The number of anilines is 1. The summed E-state index contributed by atoms with van der Waals surface area (Å²) in [4.78, 5) is 16.8. The third kappa shape index (κ3) is 4.29. The molecule has 0 fully saturated rings. The summed E-state index contributed by atoms with van der Waals surface area (Å²) in [5, 5.41) is 10.6. The number of nitrogens with one attached hydrogen (secondary N) is 1. The van der Waals surface area contributed by atoms with Crippen LogP contribution in [0.3, 0.4) is 0 Å². The van der Waals surface area contributed by atoms with Crippen LogP contribution in [0.1, 0.15) is 25.3 Å². The Hall–Kier alpha value is -2.57. The van der Waals surface area contributed by atoms with Gasteiger partial charge in [0.2, 0.25) is 0 Å². The average molecular weight is 342 g/mol. The molecule has 2 heterocycles. The maximum atomic E-state index is 12.6. The molecule has 25 heavy (non-hydrogen) atoms. The van der Waals surface area contributed by atoms with Crippen LogP contribution in [0.5, 0.6) is 0 Å². The van der Waals surface area contributed by atoms with E-state index in [0.29, 0.717) is 13.1 Å². The lowest BCUT2D eigenvalue weighted by Gasteiger charge is -2.28. The van der Waals surface area contributed by atoms with E-state index in [1.807, 2.05) is 21.6 Å². The van der Waals surface area contributed by atoms with Gasteiger partial charge < -0.3 is 19.7 Å². The largest absolute Gasteiger partial charge is 0.372 e. The molecule has 3 rings (SSSR count). The lowest BCUT2D eigenvalue weighted by atomic mass is 10.1. The smallest absolute Gasteiger partial charge is 0.318 e. The number of carbonyl (C=O) groups excluding carboxylic acids is 1. The first-order valence-electron chi connectivity index (χ1n) is 8.81. The summed E-state index contributed by atoms with van der Waals surface area (Å²) in [6, 6.07) is 8.48. The van der Waals surface area contributed by atoms with E-state index in [4.69, 9.17) is 0 Å². The van der Waals surface area contributed by atoms with Crippen molar-refractivity contribution in [2.45, 2.75) is 38.9 Å². The fraction of sp³-hybridized carbons (Fsp3) is 0.500. The van der Waals surface area contributed by atoms with Crippen LogP contribution in [-0.4, -0.2) is 51.9 Å². The van der Waals surface area contributed by atoms with Crippen LogP contribution in [0.2, 0.25) is 0 Å². The number of unbranched alkanes of at least 4 members (excludes halogenated alkanes) is 1. The summed E-state index contributed by atoms with van der Waals surface area (Å²) in [5.41, 5.74) is 2.40. The highest BCUT2D eigenvalue weighted by atomic mass is 16.2. The second-order valence-electron chi connectivity index (χ2n) is 6.62. The molecule has 0 saturated carbocycles. The van der Waals surface area contributed by atoms with Crippen molar-refractivity contribution in [2.24, 2.45) is 0 Å². The number of hydrogen-bond acceptors (Lipinski definition) is 4. The van der Waals surface area contributed by atoms with Gasteiger partial charge in [0.1, 0.15) is 12.7 Å². The molecule has 2 amide bonds. The molecule has 7 nitrogen and oxygen atoms in total. The Labute approximate surface area is 148 Å². The van der Waals surface area contributed by atoms with Crippen LogP contribution < -0.4 is 10.2 Å². The van der Waals surface area contributed by atoms with Gasteiger partial charge in [0.15, 0.2) is 0 Å². The fourth-order valence-electron chi connectivity index (χ4n) is 3.28. The Morgan fingerprint density at radius 2 is 2.00 bits per heavy atom. The molecule has 1 aliphatic rings. The first-order chi connectivity index (χ1) is 12.1. The third-order valence-corrected chi connectivity index (χ3v) is 4.66. The van der Waals surface area contributed by atoms with E-state index in [-0.39, 0.29) is 12.1 Å². The van der Waals surface area contributed by atoms with Gasteiger partial charge >= 0.3 is 6.03 Å². The molecule has 2 aromatic rings. The van der Waals surface area contributed by atoms with Crippen molar-refractivity contribution in [3.63, 3.8) is 0 Å². The van der Waals surface area contributed by atoms with E-state index < -0.39 is 0 Å². The van der Waals surface area contributed by atoms with Gasteiger partial charge in [-0.1, -0.05) is 18.2 Å². The lowest BCUT2D eigenvalue weighted by molar-refractivity contribution is 0.178. The highest BCUT2D eigenvalue weighted by Crippen LogP contribution is 2.25. The number of urea groups is 1.